The number of nitrogens with zero attached hydrogens (tertiary/aromatic N) is 5. The quantitative estimate of drug-likeness (QED) is 0.693. The minimum absolute atomic E-state index is 0.350. The SMILES string of the molecule is NCCCc1cc(Cl)nnc1Cn1ccnc1-c1cccc(F)n1. The highest BCUT2D eigenvalue weighted by Gasteiger charge is 2.12. The largest absolute Gasteiger partial charge is 0.330 e. The molecular weight excluding hydrogens is 331 g/mol. The summed E-state index contributed by atoms with van der Waals surface area (Å²) in [5.41, 5.74) is 7.82. The van der Waals surface area contributed by atoms with Gasteiger partial charge in [-0.3, -0.25) is 0 Å². The van der Waals surface area contributed by atoms with Gasteiger partial charge in [0.2, 0.25) is 5.95 Å². The maximum atomic E-state index is 13.4. The molecule has 0 aromatic carbocycles. The summed E-state index contributed by atoms with van der Waals surface area (Å²) in [6.45, 7) is 1.03. The van der Waals surface area contributed by atoms with Crippen LogP contribution in [0.4, 0.5) is 4.39 Å². The second kappa shape index (κ2) is 7.46. The molecule has 6 nitrogen and oxygen atoms in total. The van der Waals surface area contributed by atoms with Gasteiger partial charge in [0.1, 0.15) is 5.69 Å². The summed E-state index contributed by atoms with van der Waals surface area (Å²) in [5.74, 6) is 0.0213. The van der Waals surface area contributed by atoms with Crippen molar-refractivity contribution in [3.8, 4) is 11.5 Å². The van der Waals surface area contributed by atoms with E-state index in [-0.39, 0.29) is 0 Å². The minimum Gasteiger partial charge on any atom is -0.330 e. The highest BCUT2D eigenvalue weighted by atomic mass is 35.5. The summed E-state index contributed by atoms with van der Waals surface area (Å²) in [6, 6.07) is 6.42. The number of rotatable bonds is 6. The summed E-state index contributed by atoms with van der Waals surface area (Å²) < 4.78 is 15.2. The van der Waals surface area contributed by atoms with Crippen molar-refractivity contribution in [2.75, 3.05) is 6.54 Å². The fraction of sp³-hybridized carbons (Fsp3) is 0.250. The van der Waals surface area contributed by atoms with Crippen LogP contribution in [0.1, 0.15) is 17.7 Å². The molecule has 2 N–H and O–H groups in total. The fourth-order valence-electron chi connectivity index (χ4n) is 2.43. The van der Waals surface area contributed by atoms with Crippen molar-refractivity contribution in [2.45, 2.75) is 19.4 Å². The Kier molecular flexibility index (Phi) is 5.12. The van der Waals surface area contributed by atoms with Crippen LogP contribution >= 0.6 is 11.6 Å². The van der Waals surface area contributed by atoms with E-state index < -0.39 is 5.95 Å². The van der Waals surface area contributed by atoms with Crippen LogP contribution in [0.2, 0.25) is 5.15 Å². The van der Waals surface area contributed by atoms with E-state index in [1.165, 1.54) is 6.07 Å². The molecule has 0 aliphatic heterocycles. The summed E-state index contributed by atoms with van der Waals surface area (Å²) in [4.78, 5) is 8.15. The first kappa shape index (κ1) is 16.5. The van der Waals surface area contributed by atoms with Gasteiger partial charge < -0.3 is 10.3 Å². The smallest absolute Gasteiger partial charge is 0.213 e. The van der Waals surface area contributed by atoms with E-state index in [4.69, 9.17) is 17.3 Å². The molecule has 0 bridgehead atoms. The van der Waals surface area contributed by atoms with Gasteiger partial charge in [-0.05, 0) is 43.1 Å². The molecule has 0 amide bonds. The maximum Gasteiger partial charge on any atom is 0.213 e. The summed E-state index contributed by atoms with van der Waals surface area (Å²) >= 11 is 5.95. The van der Waals surface area contributed by atoms with E-state index in [9.17, 15) is 4.39 Å². The van der Waals surface area contributed by atoms with Gasteiger partial charge >= 0.3 is 0 Å². The average molecular weight is 347 g/mol. The van der Waals surface area contributed by atoms with Crippen LogP contribution in [-0.4, -0.2) is 31.3 Å². The monoisotopic (exact) mass is 346 g/mol. The van der Waals surface area contributed by atoms with E-state index in [1.807, 2.05) is 4.57 Å². The lowest BCUT2D eigenvalue weighted by Gasteiger charge is -2.11. The lowest BCUT2D eigenvalue weighted by atomic mass is 10.1. The molecule has 0 fully saturated rings. The molecule has 0 saturated heterocycles. The minimum atomic E-state index is -0.544. The highest BCUT2D eigenvalue weighted by Crippen LogP contribution is 2.19. The van der Waals surface area contributed by atoms with E-state index in [2.05, 4.69) is 20.2 Å². The van der Waals surface area contributed by atoms with Gasteiger partial charge in [-0.2, -0.15) is 9.49 Å². The molecule has 0 saturated carbocycles. The lowest BCUT2D eigenvalue weighted by molar-refractivity contribution is 0.584. The first-order valence-electron chi connectivity index (χ1n) is 7.52. The predicted octanol–water partition coefficient (Wildman–Crippen LogP) is 2.47. The van der Waals surface area contributed by atoms with Crippen LogP contribution in [0.5, 0.6) is 0 Å². The molecule has 0 aliphatic carbocycles. The van der Waals surface area contributed by atoms with Crippen LogP contribution < -0.4 is 5.73 Å². The van der Waals surface area contributed by atoms with Crippen molar-refractivity contribution in [3.63, 3.8) is 0 Å². The normalized spacial score (nSPS) is 11.0. The standard InChI is InChI=1S/C16H16ClFN6/c17-14-9-11(3-2-6-19)13(22-23-14)10-24-8-7-20-16(24)12-4-1-5-15(18)21-12/h1,4-5,7-9H,2-3,6,10,19H2. The molecule has 0 radical (unpaired) electrons. The summed E-state index contributed by atoms with van der Waals surface area (Å²) in [7, 11) is 0. The van der Waals surface area contributed by atoms with Crippen molar-refractivity contribution in [1.29, 1.82) is 0 Å². The van der Waals surface area contributed by atoms with Gasteiger partial charge in [0.05, 0.1) is 12.2 Å². The van der Waals surface area contributed by atoms with Gasteiger partial charge in [0, 0.05) is 12.4 Å². The topological polar surface area (TPSA) is 82.5 Å². The average Bonchev–Trinajstić information content (AvgIpc) is 3.03. The molecule has 24 heavy (non-hydrogen) atoms. The van der Waals surface area contributed by atoms with Crippen LogP contribution in [0.25, 0.3) is 11.5 Å². The number of hydrogen-bond donors (Lipinski definition) is 1. The van der Waals surface area contributed by atoms with Crippen molar-refractivity contribution >= 4 is 11.6 Å². The molecule has 0 atom stereocenters. The van der Waals surface area contributed by atoms with Crippen molar-refractivity contribution in [1.82, 2.24) is 24.7 Å². The van der Waals surface area contributed by atoms with Crippen LogP contribution in [0.3, 0.4) is 0 Å². The maximum absolute atomic E-state index is 13.4. The highest BCUT2D eigenvalue weighted by molar-refractivity contribution is 6.29. The molecule has 3 aromatic heterocycles. The zero-order chi connectivity index (χ0) is 16.9. The van der Waals surface area contributed by atoms with Gasteiger partial charge in [0.25, 0.3) is 0 Å². The van der Waals surface area contributed by atoms with E-state index >= 15 is 0 Å². The molecule has 0 unspecified atom stereocenters. The number of pyridine rings is 1. The van der Waals surface area contributed by atoms with E-state index in [0.29, 0.717) is 29.8 Å². The Hall–Kier alpha value is -2.38. The molecule has 3 aromatic rings. The zero-order valence-corrected chi connectivity index (χ0v) is 13.6. The fourth-order valence-corrected chi connectivity index (χ4v) is 2.60. The number of aryl methyl sites for hydroxylation is 1. The van der Waals surface area contributed by atoms with Crippen molar-refractivity contribution in [3.05, 3.63) is 59.0 Å². The van der Waals surface area contributed by atoms with Crippen LogP contribution in [-0.2, 0) is 13.0 Å². The van der Waals surface area contributed by atoms with Crippen LogP contribution in [0.15, 0.2) is 36.7 Å². The van der Waals surface area contributed by atoms with E-state index in [1.54, 1.807) is 30.6 Å². The van der Waals surface area contributed by atoms with Crippen molar-refractivity contribution < 1.29 is 4.39 Å². The Bertz CT molecular complexity index is 835. The first-order chi connectivity index (χ1) is 11.7. The Balaban J connectivity index is 1.91. The Morgan fingerprint density at radius 3 is 2.92 bits per heavy atom. The van der Waals surface area contributed by atoms with Gasteiger partial charge in [0.15, 0.2) is 11.0 Å². The second-order valence-electron chi connectivity index (χ2n) is 5.26. The first-order valence-corrected chi connectivity index (χ1v) is 7.90. The number of nitrogens with two attached hydrogens (primary N) is 1. The third-order valence-electron chi connectivity index (χ3n) is 3.56. The molecule has 0 spiro atoms. The zero-order valence-electron chi connectivity index (χ0n) is 12.9. The molecule has 3 rings (SSSR count). The number of halogens is 2. The lowest BCUT2D eigenvalue weighted by Crippen LogP contribution is -2.10. The van der Waals surface area contributed by atoms with Gasteiger partial charge in [-0.1, -0.05) is 17.7 Å². The summed E-state index contributed by atoms with van der Waals surface area (Å²) in [6.07, 6.45) is 5.04. The molecule has 124 valence electrons. The second-order valence-corrected chi connectivity index (χ2v) is 5.64. The number of aromatic nitrogens is 5. The Labute approximate surface area is 143 Å². The Morgan fingerprint density at radius 1 is 1.25 bits per heavy atom. The molecule has 0 aliphatic rings. The molecule has 8 heteroatoms. The Morgan fingerprint density at radius 2 is 2.12 bits per heavy atom. The molecular formula is C16H16ClFN6. The third kappa shape index (κ3) is 3.74. The summed E-state index contributed by atoms with van der Waals surface area (Å²) in [5, 5.41) is 8.46. The third-order valence-corrected chi connectivity index (χ3v) is 3.74. The number of imidazole rings is 1. The predicted molar refractivity (Wildman–Crippen MR) is 88.9 cm³/mol. The van der Waals surface area contributed by atoms with Gasteiger partial charge in [-0.15, -0.1) is 5.10 Å². The van der Waals surface area contributed by atoms with Gasteiger partial charge in [-0.25, -0.2) is 9.97 Å². The van der Waals surface area contributed by atoms with E-state index in [0.717, 1.165) is 24.1 Å². The molecule has 3 heterocycles. The number of hydrogen-bond acceptors (Lipinski definition) is 5. The van der Waals surface area contributed by atoms with Crippen LogP contribution in [0, 0.1) is 5.95 Å². The van der Waals surface area contributed by atoms with Crippen molar-refractivity contribution in [2.24, 2.45) is 5.73 Å².